The summed E-state index contributed by atoms with van der Waals surface area (Å²) in [5, 5.41) is 2.27. The topological polar surface area (TPSA) is 41.9 Å². The normalized spacial score (nSPS) is 14.5. The molecular weight excluding hydrogens is 304 g/mol. The van der Waals surface area contributed by atoms with E-state index in [2.05, 4.69) is 4.99 Å². The van der Waals surface area contributed by atoms with Crippen molar-refractivity contribution in [1.82, 2.24) is 0 Å². The predicted octanol–water partition coefficient (Wildman–Crippen LogP) is 3.07. The van der Waals surface area contributed by atoms with E-state index in [1.165, 1.54) is 4.90 Å². The van der Waals surface area contributed by atoms with Gasteiger partial charge in [-0.3, -0.25) is 9.69 Å². The molecule has 0 atom stereocenters. The Morgan fingerprint density at radius 3 is 2.67 bits per heavy atom. The maximum Gasteiger partial charge on any atom is 0.279 e. The summed E-state index contributed by atoms with van der Waals surface area (Å²) in [7, 11) is 1.60. The van der Waals surface area contributed by atoms with E-state index in [0.29, 0.717) is 17.8 Å². The minimum Gasteiger partial charge on any atom is -0.497 e. The van der Waals surface area contributed by atoms with Crippen LogP contribution in [0.15, 0.2) is 46.8 Å². The molecular formula is C15H12N2O2S2. The van der Waals surface area contributed by atoms with Gasteiger partial charge in [-0.2, -0.15) is 0 Å². The monoisotopic (exact) mass is 316 g/mol. The van der Waals surface area contributed by atoms with Crippen LogP contribution in [0.4, 0.5) is 5.69 Å². The highest BCUT2D eigenvalue weighted by atomic mass is 32.1. The van der Waals surface area contributed by atoms with Crippen molar-refractivity contribution in [2.45, 2.75) is 6.42 Å². The summed E-state index contributed by atoms with van der Waals surface area (Å²) in [4.78, 5) is 19.3. The Morgan fingerprint density at radius 1 is 1.29 bits per heavy atom. The standard InChI is InChI=1S/C15H12N2O2S2/c1-19-11-6-4-10(5-7-11)17-14(18)13(16-15(17)20)9-12-3-2-8-21-12/h2-8H,9H2,1H3. The van der Waals surface area contributed by atoms with Crippen LogP contribution in [0, 0.1) is 0 Å². The van der Waals surface area contributed by atoms with Gasteiger partial charge in [-0.25, -0.2) is 4.99 Å². The van der Waals surface area contributed by atoms with Crippen molar-refractivity contribution in [2.24, 2.45) is 4.99 Å². The third-order valence-electron chi connectivity index (χ3n) is 3.12. The molecule has 1 aliphatic heterocycles. The van der Waals surface area contributed by atoms with E-state index < -0.39 is 0 Å². The SMILES string of the molecule is COc1ccc(N2C(=O)C(Cc3cccs3)=NC2=S)cc1. The van der Waals surface area contributed by atoms with Gasteiger partial charge in [0.25, 0.3) is 5.91 Å². The molecule has 0 bridgehead atoms. The first kappa shape index (κ1) is 13.9. The maximum absolute atomic E-state index is 12.5. The number of rotatable bonds is 4. The van der Waals surface area contributed by atoms with Crippen molar-refractivity contribution >= 4 is 46.0 Å². The van der Waals surface area contributed by atoms with Crippen LogP contribution in [0.5, 0.6) is 5.75 Å². The average Bonchev–Trinajstić information content (AvgIpc) is 3.09. The van der Waals surface area contributed by atoms with Crippen LogP contribution in [0.1, 0.15) is 4.88 Å². The van der Waals surface area contributed by atoms with Crippen LogP contribution >= 0.6 is 23.6 Å². The van der Waals surface area contributed by atoms with E-state index in [1.807, 2.05) is 17.5 Å². The summed E-state index contributed by atoms with van der Waals surface area (Å²) in [6.45, 7) is 0. The first-order valence-corrected chi connectivity index (χ1v) is 7.60. The molecule has 0 aliphatic carbocycles. The van der Waals surface area contributed by atoms with Gasteiger partial charge in [0.2, 0.25) is 5.11 Å². The number of hydrogen-bond acceptors (Lipinski definition) is 4. The van der Waals surface area contributed by atoms with E-state index in [4.69, 9.17) is 17.0 Å². The maximum atomic E-state index is 12.5. The second-order valence-corrected chi connectivity index (χ2v) is 5.83. The lowest BCUT2D eigenvalue weighted by atomic mass is 10.2. The number of nitrogens with zero attached hydrogens (tertiary/aromatic N) is 2. The lowest BCUT2D eigenvalue weighted by molar-refractivity contribution is -0.111. The number of thiocarbonyl (C=S) groups is 1. The third-order valence-corrected chi connectivity index (χ3v) is 4.27. The summed E-state index contributed by atoms with van der Waals surface area (Å²) in [5.41, 5.74) is 1.19. The second kappa shape index (κ2) is 5.75. The summed E-state index contributed by atoms with van der Waals surface area (Å²) in [5.74, 6) is 0.578. The molecule has 6 heteroatoms. The first-order chi connectivity index (χ1) is 10.2. The molecule has 0 radical (unpaired) electrons. The van der Waals surface area contributed by atoms with Gasteiger partial charge < -0.3 is 4.74 Å². The molecule has 0 saturated heterocycles. The minimum absolute atomic E-state index is 0.154. The smallest absolute Gasteiger partial charge is 0.279 e. The molecule has 106 valence electrons. The van der Waals surface area contributed by atoms with E-state index in [9.17, 15) is 4.79 Å². The van der Waals surface area contributed by atoms with Gasteiger partial charge in [-0.1, -0.05) is 6.07 Å². The molecule has 21 heavy (non-hydrogen) atoms. The van der Waals surface area contributed by atoms with Gasteiger partial charge in [0.15, 0.2) is 0 Å². The number of aliphatic imine (C=N–C) groups is 1. The van der Waals surface area contributed by atoms with Crippen molar-refractivity contribution in [1.29, 1.82) is 0 Å². The quantitative estimate of drug-likeness (QED) is 0.814. The van der Waals surface area contributed by atoms with Crippen LogP contribution in [0.3, 0.4) is 0 Å². The van der Waals surface area contributed by atoms with Crippen molar-refractivity contribution in [3.8, 4) is 5.75 Å². The molecule has 1 aromatic heterocycles. The lowest BCUT2D eigenvalue weighted by Gasteiger charge is -2.15. The Hall–Kier alpha value is -2.05. The fourth-order valence-corrected chi connectivity index (χ4v) is 3.09. The number of carbonyl (C=O) groups excluding carboxylic acids is 1. The fourth-order valence-electron chi connectivity index (χ4n) is 2.08. The summed E-state index contributed by atoms with van der Waals surface area (Å²) >= 11 is 6.83. The molecule has 3 rings (SSSR count). The molecule has 0 saturated carbocycles. The number of benzene rings is 1. The summed E-state index contributed by atoms with van der Waals surface area (Å²) < 4.78 is 5.11. The zero-order valence-corrected chi connectivity index (χ0v) is 12.9. The Kier molecular flexibility index (Phi) is 3.81. The van der Waals surface area contributed by atoms with Crippen LogP contribution in [-0.4, -0.2) is 23.8 Å². The number of anilines is 1. The summed E-state index contributed by atoms with van der Waals surface area (Å²) in [6.07, 6.45) is 0.517. The van der Waals surface area contributed by atoms with Gasteiger partial charge in [0, 0.05) is 11.3 Å². The van der Waals surface area contributed by atoms with Crippen molar-refractivity contribution in [3.05, 3.63) is 46.7 Å². The zero-order chi connectivity index (χ0) is 14.8. The van der Waals surface area contributed by atoms with Crippen LogP contribution in [-0.2, 0) is 11.2 Å². The third kappa shape index (κ3) is 2.72. The number of hydrogen-bond donors (Lipinski definition) is 0. The highest BCUT2D eigenvalue weighted by Crippen LogP contribution is 2.24. The molecule has 0 spiro atoms. The summed E-state index contributed by atoms with van der Waals surface area (Å²) in [6, 6.07) is 11.1. The number of thiophene rings is 1. The van der Waals surface area contributed by atoms with Crippen LogP contribution < -0.4 is 9.64 Å². The highest BCUT2D eigenvalue weighted by Gasteiger charge is 2.31. The molecule has 0 N–H and O–H groups in total. The van der Waals surface area contributed by atoms with Gasteiger partial charge in [0.1, 0.15) is 11.5 Å². The molecule has 2 aromatic rings. The molecule has 4 nitrogen and oxygen atoms in total. The molecule has 0 unspecified atom stereocenters. The van der Waals surface area contributed by atoms with Gasteiger partial charge in [-0.15, -0.1) is 11.3 Å². The first-order valence-electron chi connectivity index (χ1n) is 6.31. The van der Waals surface area contributed by atoms with E-state index >= 15 is 0 Å². The number of amides is 1. The second-order valence-electron chi connectivity index (χ2n) is 4.44. The Bertz CT molecular complexity index is 706. The van der Waals surface area contributed by atoms with Gasteiger partial charge >= 0.3 is 0 Å². The Balaban J connectivity index is 1.82. The average molecular weight is 316 g/mol. The largest absolute Gasteiger partial charge is 0.497 e. The van der Waals surface area contributed by atoms with Crippen molar-refractivity contribution in [2.75, 3.05) is 12.0 Å². The predicted molar refractivity (Wildman–Crippen MR) is 88.5 cm³/mol. The molecule has 2 heterocycles. The van der Waals surface area contributed by atoms with Crippen molar-refractivity contribution < 1.29 is 9.53 Å². The van der Waals surface area contributed by atoms with E-state index in [-0.39, 0.29) is 11.0 Å². The van der Waals surface area contributed by atoms with Gasteiger partial charge in [-0.05, 0) is 47.9 Å². The Labute approximate surface area is 131 Å². The molecule has 0 fully saturated rings. The van der Waals surface area contributed by atoms with Crippen LogP contribution in [0.25, 0.3) is 0 Å². The number of carbonyl (C=O) groups is 1. The number of methoxy groups -OCH3 is 1. The zero-order valence-electron chi connectivity index (χ0n) is 11.3. The fraction of sp³-hybridized carbons (Fsp3) is 0.133. The van der Waals surface area contributed by atoms with Crippen LogP contribution in [0.2, 0.25) is 0 Å². The van der Waals surface area contributed by atoms with E-state index in [1.54, 1.807) is 42.7 Å². The molecule has 1 aromatic carbocycles. The van der Waals surface area contributed by atoms with Crippen molar-refractivity contribution in [3.63, 3.8) is 0 Å². The lowest BCUT2D eigenvalue weighted by Crippen LogP contribution is -2.32. The van der Waals surface area contributed by atoms with E-state index in [0.717, 1.165) is 10.6 Å². The number of ether oxygens (including phenoxy) is 1. The highest BCUT2D eigenvalue weighted by molar-refractivity contribution is 7.80. The molecule has 1 amide bonds. The minimum atomic E-state index is -0.154. The Morgan fingerprint density at radius 2 is 2.05 bits per heavy atom. The van der Waals surface area contributed by atoms with Gasteiger partial charge in [0.05, 0.1) is 12.8 Å². The molecule has 1 aliphatic rings.